The van der Waals surface area contributed by atoms with Gasteiger partial charge in [0.15, 0.2) is 5.82 Å². The summed E-state index contributed by atoms with van der Waals surface area (Å²) in [4.78, 5) is 10.8. The van der Waals surface area contributed by atoms with Crippen LogP contribution in [-0.4, -0.2) is 55.8 Å². The number of nitrogens with zero attached hydrogens (tertiary/aromatic N) is 3. The molecule has 1 aromatic rings. The van der Waals surface area contributed by atoms with Gasteiger partial charge in [0.2, 0.25) is 5.88 Å². The van der Waals surface area contributed by atoms with Crippen LogP contribution in [0.5, 0.6) is 5.88 Å². The predicted molar refractivity (Wildman–Crippen MR) is 80.2 cm³/mol. The van der Waals surface area contributed by atoms with Crippen LogP contribution in [0.4, 0.5) is 5.82 Å². The molecule has 1 rings (SSSR count). The molecular formula is C14H26N4O2. The van der Waals surface area contributed by atoms with Crippen LogP contribution in [0, 0.1) is 0 Å². The second-order valence-electron chi connectivity index (χ2n) is 4.87. The van der Waals surface area contributed by atoms with E-state index in [0.717, 1.165) is 31.7 Å². The van der Waals surface area contributed by atoms with Crippen molar-refractivity contribution in [3.63, 3.8) is 0 Å². The van der Waals surface area contributed by atoms with Crippen molar-refractivity contribution < 1.29 is 9.47 Å². The number of nitrogens with one attached hydrogen (secondary N) is 1. The molecule has 6 heteroatoms. The molecule has 0 aliphatic carbocycles. The maximum Gasteiger partial charge on any atom is 0.218 e. The summed E-state index contributed by atoms with van der Waals surface area (Å²) in [7, 11) is 5.71. The van der Waals surface area contributed by atoms with Gasteiger partial charge >= 0.3 is 0 Å². The summed E-state index contributed by atoms with van der Waals surface area (Å²) in [5.74, 6) is 2.02. The minimum absolute atomic E-state index is 0.382. The number of anilines is 1. The smallest absolute Gasteiger partial charge is 0.218 e. The molecule has 114 valence electrons. The molecule has 0 radical (unpaired) electrons. The monoisotopic (exact) mass is 282 g/mol. The van der Waals surface area contributed by atoms with E-state index in [2.05, 4.69) is 27.1 Å². The van der Waals surface area contributed by atoms with Gasteiger partial charge in [-0.05, 0) is 20.5 Å². The average molecular weight is 282 g/mol. The SMILES string of the molecule is CCCCOc1cc(NCCN(C)C)nc(COC)n1. The minimum atomic E-state index is 0.382. The number of unbranched alkanes of at least 4 members (excludes halogenated alkanes) is 1. The highest BCUT2D eigenvalue weighted by Gasteiger charge is 2.05. The first kappa shape index (κ1) is 16.7. The van der Waals surface area contributed by atoms with Crippen molar-refractivity contribution in [2.45, 2.75) is 26.4 Å². The number of hydrogen-bond donors (Lipinski definition) is 1. The highest BCUT2D eigenvalue weighted by molar-refractivity contribution is 5.38. The van der Waals surface area contributed by atoms with E-state index in [0.29, 0.717) is 24.9 Å². The molecule has 20 heavy (non-hydrogen) atoms. The van der Waals surface area contributed by atoms with Gasteiger partial charge in [0.1, 0.15) is 12.4 Å². The Kier molecular flexibility index (Phi) is 7.91. The Balaban J connectivity index is 2.65. The fourth-order valence-corrected chi connectivity index (χ4v) is 1.56. The van der Waals surface area contributed by atoms with Crippen LogP contribution >= 0.6 is 0 Å². The first-order valence-electron chi connectivity index (χ1n) is 7.04. The van der Waals surface area contributed by atoms with E-state index in [1.165, 1.54) is 0 Å². The Bertz CT molecular complexity index is 385. The molecule has 6 nitrogen and oxygen atoms in total. The summed E-state index contributed by atoms with van der Waals surface area (Å²) in [6.07, 6.45) is 2.12. The summed E-state index contributed by atoms with van der Waals surface area (Å²) in [6, 6.07) is 1.84. The highest BCUT2D eigenvalue weighted by atomic mass is 16.5. The summed E-state index contributed by atoms with van der Waals surface area (Å²) in [5.41, 5.74) is 0. The molecule has 0 saturated carbocycles. The summed E-state index contributed by atoms with van der Waals surface area (Å²) in [6.45, 7) is 4.96. The molecular weight excluding hydrogens is 256 g/mol. The van der Waals surface area contributed by atoms with E-state index < -0.39 is 0 Å². The first-order valence-corrected chi connectivity index (χ1v) is 7.04. The molecule has 0 bridgehead atoms. The van der Waals surface area contributed by atoms with Crippen molar-refractivity contribution in [2.75, 3.05) is 46.2 Å². The molecule has 0 aromatic carbocycles. The highest BCUT2D eigenvalue weighted by Crippen LogP contribution is 2.14. The van der Waals surface area contributed by atoms with Gasteiger partial charge in [-0.2, -0.15) is 4.98 Å². The third-order valence-electron chi connectivity index (χ3n) is 2.64. The molecule has 0 saturated heterocycles. The molecule has 1 N–H and O–H groups in total. The van der Waals surface area contributed by atoms with Gasteiger partial charge < -0.3 is 19.7 Å². The standard InChI is InChI=1S/C14H26N4O2/c1-5-6-9-20-14-10-12(15-7-8-18(2)3)16-13(17-14)11-19-4/h10H,5-9,11H2,1-4H3,(H,15,16,17). The normalized spacial score (nSPS) is 10.8. The third-order valence-corrected chi connectivity index (χ3v) is 2.64. The number of aromatic nitrogens is 2. The van der Waals surface area contributed by atoms with Crippen molar-refractivity contribution in [1.29, 1.82) is 0 Å². The van der Waals surface area contributed by atoms with Crippen LogP contribution in [0.2, 0.25) is 0 Å². The summed E-state index contributed by atoms with van der Waals surface area (Å²) >= 11 is 0. The maximum absolute atomic E-state index is 5.64. The quantitative estimate of drug-likeness (QED) is 0.660. The van der Waals surface area contributed by atoms with Crippen molar-refractivity contribution in [2.24, 2.45) is 0 Å². The Hall–Kier alpha value is -1.40. The van der Waals surface area contributed by atoms with Gasteiger partial charge in [-0.25, -0.2) is 4.98 Å². The van der Waals surface area contributed by atoms with Crippen LogP contribution < -0.4 is 10.1 Å². The molecule has 0 aliphatic rings. The molecule has 0 aliphatic heterocycles. The van der Waals surface area contributed by atoms with E-state index in [-0.39, 0.29) is 0 Å². The van der Waals surface area contributed by atoms with Crippen LogP contribution in [0.1, 0.15) is 25.6 Å². The molecule has 0 fully saturated rings. The molecule has 0 atom stereocenters. The number of likely N-dealkylation sites (N-methyl/N-ethyl adjacent to an activating group) is 1. The Labute approximate surface area is 121 Å². The molecule has 1 heterocycles. The van der Waals surface area contributed by atoms with Gasteiger partial charge in [0.05, 0.1) is 6.61 Å². The van der Waals surface area contributed by atoms with Crippen molar-refractivity contribution in [3.05, 3.63) is 11.9 Å². The van der Waals surface area contributed by atoms with E-state index in [1.54, 1.807) is 7.11 Å². The van der Waals surface area contributed by atoms with Crippen LogP contribution in [0.3, 0.4) is 0 Å². The van der Waals surface area contributed by atoms with Crippen molar-refractivity contribution >= 4 is 5.82 Å². The third kappa shape index (κ3) is 6.68. The van der Waals surface area contributed by atoms with Gasteiger partial charge in [-0.1, -0.05) is 13.3 Å². The minimum Gasteiger partial charge on any atom is -0.478 e. The van der Waals surface area contributed by atoms with Gasteiger partial charge in [-0.3, -0.25) is 0 Å². The van der Waals surface area contributed by atoms with Crippen molar-refractivity contribution in [3.8, 4) is 5.88 Å². The zero-order valence-electron chi connectivity index (χ0n) is 13.0. The lowest BCUT2D eigenvalue weighted by atomic mass is 10.4. The summed E-state index contributed by atoms with van der Waals surface area (Å²) in [5, 5.41) is 3.28. The lowest BCUT2D eigenvalue weighted by molar-refractivity contribution is 0.176. The average Bonchev–Trinajstić information content (AvgIpc) is 2.39. The molecule has 0 spiro atoms. The zero-order chi connectivity index (χ0) is 14.8. The fraction of sp³-hybridized carbons (Fsp3) is 0.714. The van der Waals surface area contributed by atoms with Gasteiger partial charge in [-0.15, -0.1) is 0 Å². The topological polar surface area (TPSA) is 59.5 Å². The molecule has 1 aromatic heterocycles. The Morgan fingerprint density at radius 2 is 2.10 bits per heavy atom. The van der Waals surface area contributed by atoms with Gasteiger partial charge in [0, 0.05) is 26.3 Å². The Morgan fingerprint density at radius 3 is 2.75 bits per heavy atom. The van der Waals surface area contributed by atoms with E-state index in [9.17, 15) is 0 Å². The molecule has 0 amide bonds. The van der Waals surface area contributed by atoms with Crippen LogP contribution in [0.15, 0.2) is 6.07 Å². The van der Waals surface area contributed by atoms with E-state index >= 15 is 0 Å². The number of ether oxygens (including phenoxy) is 2. The fourth-order valence-electron chi connectivity index (χ4n) is 1.56. The number of methoxy groups -OCH3 is 1. The van der Waals surface area contributed by atoms with E-state index in [1.807, 2.05) is 20.2 Å². The first-order chi connectivity index (χ1) is 9.65. The van der Waals surface area contributed by atoms with Gasteiger partial charge in [0.25, 0.3) is 0 Å². The van der Waals surface area contributed by atoms with Crippen LogP contribution in [0.25, 0.3) is 0 Å². The summed E-state index contributed by atoms with van der Waals surface area (Å²) < 4.78 is 10.7. The second kappa shape index (κ2) is 9.50. The van der Waals surface area contributed by atoms with E-state index in [4.69, 9.17) is 9.47 Å². The number of rotatable bonds is 10. The molecule has 0 unspecified atom stereocenters. The second-order valence-corrected chi connectivity index (χ2v) is 4.87. The Morgan fingerprint density at radius 1 is 1.30 bits per heavy atom. The largest absolute Gasteiger partial charge is 0.478 e. The lowest BCUT2D eigenvalue weighted by Crippen LogP contribution is -2.21. The number of hydrogen-bond acceptors (Lipinski definition) is 6. The zero-order valence-corrected chi connectivity index (χ0v) is 13.0. The van der Waals surface area contributed by atoms with Crippen LogP contribution in [-0.2, 0) is 11.3 Å². The van der Waals surface area contributed by atoms with Crippen molar-refractivity contribution in [1.82, 2.24) is 14.9 Å². The lowest BCUT2D eigenvalue weighted by Gasteiger charge is -2.13. The predicted octanol–water partition coefficient (Wildman–Crippen LogP) is 1.78. The maximum atomic E-state index is 5.64.